The van der Waals surface area contributed by atoms with Gasteiger partial charge in [0.1, 0.15) is 6.10 Å². The summed E-state index contributed by atoms with van der Waals surface area (Å²) in [4.78, 5) is 9.24. The first kappa shape index (κ1) is 11.6. The Morgan fingerprint density at radius 1 is 1.17 bits per heavy atom. The van der Waals surface area contributed by atoms with Crippen molar-refractivity contribution in [1.29, 1.82) is 0 Å². The Labute approximate surface area is 113 Å². The van der Waals surface area contributed by atoms with Crippen LogP contribution in [0.1, 0.15) is 16.5 Å². The molecule has 0 amide bonds. The van der Waals surface area contributed by atoms with Gasteiger partial charge in [0.05, 0.1) is 20.9 Å². The molecule has 3 rings (SSSR count). The van der Waals surface area contributed by atoms with E-state index in [-0.39, 0.29) is 0 Å². The number of hydrogen-bond acceptors (Lipinski definition) is 4. The summed E-state index contributed by atoms with van der Waals surface area (Å²) in [5.41, 5.74) is 2.20. The SMILES string of the molecule is OC(c1sccc1Cl)c1cccc2nccnc12. The van der Waals surface area contributed by atoms with Crippen LogP contribution in [-0.2, 0) is 0 Å². The van der Waals surface area contributed by atoms with Gasteiger partial charge >= 0.3 is 0 Å². The highest BCUT2D eigenvalue weighted by Gasteiger charge is 2.18. The molecule has 90 valence electrons. The Hall–Kier alpha value is -1.49. The van der Waals surface area contributed by atoms with Gasteiger partial charge in [-0.15, -0.1) is 11.3 Å². The van der Waals surface area contributed by atoms with E-state index in [1.807, 2.05) is 23.6 Å². The Balaban J connectivity index is 2.18. The average Bonchev–Trinajstić information content (AvgIpc) is 2.83. The fourth-order valence-electron chi connectivity index (χ4n) is 1.88. The molecule has 2 aromatic heterocycles. The Morgan fingerprint density at radius 3 is 2.78 bits per heavy atom. The lowest BCUT2D eigenvalue weighted by molar-refractivity contribution is 0.225. The van der Waals surface area contributed by atoms with Crippen molar-refractivity contribution in [3.63, 3.8) is 0 Å². The minimum Gasteiger partial charge on any atom is -0.383 e. The number of benzene rings is 1. The van der Waals surface area contributed by atoms with Gasteiger partial charge < -0.3 is 5.11 Å². The van der Waals surface area contributed by atoms with Crippen molar-refractivity contribution in [2.75, 3.05) is 0 Å². The van der Waals surface area contributed by atoms with E-state index in [2.05, 4.69) is 9.97 Å². The number of aliphatic hydroxyl groups excluding tert-OH is 1. The third kappa shape index (κ3) is 1.88. The minimum atomic E-state index is -0.766. The third-order valence-electron chi connectivity index (χ3n) is 2.72. The summed E-state index contributed by atoms with van der Waals surface area (Å²) in [6.07, 6.45) is 2.49. The second-order valence-electron chi connectivity index (χ2n) is 3.81. The summed E-state index contributed by atoms with van der Waals surface area (Å²) in [6.45, 7) is 0. The van der Waals surface area contributed by atoms with Crippen LogP contribution in [-0.4, -0.2) is 15.1 Å². The summed E-state index contributed by atoms with van der Waals surface area (Å²) < 4.78 is 0. The van der Waals surface area contributed by atoms with Crippen molar-refractivity contribution in [3.8, 4) is 0 Å². The maximum atomic E-state index is 10.4. The predicted molar refractivity (Wildman–Crippen MR) is 72.9 cm³/mol. The predicted octanol–water partition coefficient (Wildman–Crippen LogP) is 3.43. The fraction of sp³-hybridized carbons (Fsp3) is 0.0769. The minimum absolute atomic E-state index is 0.577. The van der Waals surface area contributed by atoms with E-state index in [0.717, 1.165) is 16.0 Å². The van der Waals surface area contributed by atoms with E-state index in [4.69, 9.17) is 11.6 Å². The van der Waals surface area contributed by atoms with E-state index in [1.54, 1.807) is 18.5 Å². The molecule has 3 aromatic rings. The van der Waals surface area contributed by atoms with Crippen LogP contribution in [0.3, 0.4) is 0 Å². The second-order valence-corrected chi connectivity index (χ2v) is 5.16. The number of fused-ring (bicyclic) bond motifs is 1. The molecule has 0 fully saturated rings. The zero-order valence-electron chi connectivity index (χ0n) is 9.25. The van der Waals surface area contributed by atoms with Gasteiger partial charge in [-0.05, 0) is 17.5 Å². The first-order valence-electron chi connectivity index (χ1n) is 5.38. The molecule has 18 heavy (non-hydrogen) atoms. The van der Waals surface area contributed by atoms with E-state index in [9.17, 15) is 5.11 Å². The lowest BCUT2D eigenvalue weighted by atomic mass is 10.1. The van der Waals surface area contributed by atoms with E-state index >= 15 is 0 Å². The second kappa shape index (κ2) is 4.65. The molecule has 0 saturated heterocycles. The highest BCUT2D eigenvalue weighted by molar-refractivity contribution is 7.10. The van der Waals surface area contributed by atoms with Gasteiger partial charge in [0, 0.05) is 18.0 Å². The fourth-order valence-corrected chi connectivity index (χ4v) is 3.04. The Morgan fingerprint density at radius 2 is 2.00 bits per heavy atom. The van der Waals surface area contributed by atoms with Crippen LogP contribution in [0.15, 0.2) is 42.0 Å². The number of hydrogen-bond donors (Lipinski definition) is 1. The number of thiophene rings is 1. The summed E-state index contributed by atoms with van der Waals surface area (Å²) >= 11 is 7.48. The molecule has 2 heterocycles. The van der Waals surface area contributed by atoms with Gasteiger partial charge in [-0.1, -0.05) is 23.7 Å². The quantitative estimate of drug-likeness (QED) is 0.780. The summed E-state index contributed by atoms with van der Waals surface area (Å²) in [5.74, 6) is 0. The molecule has 0 bridgehead atoms. The van der Waals surface area contributed by atoms with E-state index < -0.39 is 6.10 Å². The first-order valence-corrected chi connectivity index (χ1v) is 6.63. The molecule has 0 aliphatic carbocycles. The smallest absolute Gasteiger partial charge is 0.117 e. The standard InChI is InChI=1S/C13H9ClN2OS/c14-9-4-7-18-13(9)12(17)8-2-1-3-10-11(8)16-6-5-15-10/h1-7,12,17H. The van der Waals surface area contributed by atoms with Crippen LogP contribution in [0.4, 0.5) is 0 Å². The molecule has 5 heteroatoms. The van der Waals surface area contributed by atoms with Crippen LogP contribution in [0, 0.1) is 0 Å². The van der Waals surface area contributed by atoms with Crippen LogP contribution < -0.4 is 0 Å². The third-order valence-corrected chi connectivity index (χ3v) is 4.13. The number of rotatable bonds is 2. The molecular weight excluding hydrogens is 268 g/mol. The molecule has 3 nitrogen and oxygen atoms in total. The number of halogens is 1. The maximum absolute atomic E-state index is 10.4. The van der Waals surface area contributed by atoms with Crippen molar-refractivity contribution < 1.29 is 5.11 Å². The van der Waals surface area contributed by atoms with E-state index in [0.29, 0.717) is 10.5 Å². The molecule has 1 aromatic carbocycles. The Kier molecular flexibility index (Phi) is 2.99. The van der Waals surface area contributed by atoms with Gasteiger partial charge in [-0.2, -0.15) is 0 Å². The number of nitrogens with zero attached hydrogens (tertiary/aromatic N) is 2. The summed E-state index contributed by atoms with van der Waals surface area (Å²) in [7, 11) is 0. The van der Waals surface area contributed by atoms with Crippen molar-refractivity contribution in [2.45, 2.75) is 6.10 Å². The van der Waals surface area contributed by atoms with Crippen LogP contribution in [0.25, 0.3) is 11.0 Å². The molecule has 0 radical (unpaired) electrons. The van der Waals surface area contributed by atoms with Crippen molar-refractivity contribution >= 4 is 34.0 Å². The van der Waals surface area contributed by atoms with Crippen LogP contribution >= 0.6 is 22.9 Å². The summed E-state index contributed by atoms with van der Waals surface area (Å²) in [5, 5.41) is 12.9. The lowest BCUT2D eigenvalue weighted by Gasteiger charge is -2.11. The lowest BCUT2D eigenvalue weighted by Crippen LogP contribution is -2.00. The molecule has 1 unspecified atom stereocenters. The zero-order valence-corrected chi connectivity index (χ0v) is 10.8. The van der Waals surface area contributed by atoms with Gasteiger partial charge in [-0.25, -0.2) is 0 Å². The van der Waals surface area contributed by atoms with E-state index in [1.165, 1.54) is 11.3 Å². The Bertz CT molecular complexity index is 693. The normalized spacial score (nSPS) is 12.8. The molecule has 1 atom stereocenters. The highest BCUT2D eigenvalue weighted by Crippen LogP contribution is 2.34. The van der Waals surface area contributed by atoms with Crippen molar-refractivity contribution in [2.24, 2.45) is 0 Å². The number of aliphatic hydroxyl groups is 1. The monoisotopic (exact) mass is 276 g/mol. The maximum Gasteiger partial charge on any atom is 0.117 e. The topological polar surface area (TPSA) is 46.0 Å². The highest BCUT2D eigenvalue weighted by atomic mass is 35.5. The molecule has 0 aliphatic heterocycles. The molecule has 1 N–H and O–H groups in total. The van der Waals surface area contributed by atoms with Crippen LogP contribution in [0.5, 0.6) is 0 Å². The number of para-hydroxylation sites is 1. The average molecular weight is 277 g/mol. The first-order chi connectivity index (χ1) is 8.77. The zero-order chi connectivity index (χ0) is 12.5. The van der Waals surface area contributed by atoms with Gasteiger partial charge in [-0.3, -0.25) is 9.97 Å². The van der Waals surface area contributed by atoms with Gasteiger partial charge in [0.25, 0.3) is 0 Å². The largest absolute Gasteiger partial charge is 0.383 e. The molecule has 0 spiro atoms. The number of aromatic nitrogens is 2. The summed E-state index contributed by atoms with van der Waals surface area (Å²) in [6, 6.07) is 7.35. The molecular formula is C13H9ClN2OS. The molecule has 0 aliphatic rings. The molecule has 0 saturated carbocycles. The van der Waals surface area contributed by atoms with Gasteiger partial charge in [0.15, 0.2) is 0 Å². The van der Waals surface area contributed by atoms with Crippen molar-refractivity contribution in [3.05, 3.63) is 57.5 Å². The van der Waals surface area contributed by atoms with Crippen molar-refractivity contribution in [1.82, 2.24) is 9.97 Å². The van der Waals surface area contributed by atoms with Crippen LogP contribution in [0.2, 0.25) is 5.02 Å². The van der Waals surface area contributed by atoms with Gasteiger partial charge in [0.2, 0.25) is 0 Å².